The fraction of sp³-hybridized carbons (Fsp3) is 0.417. The quantitative estimate of drug-likeness (QED) is 0.574. The molecule has 8 nitrogen and oxygen atoms in total. The van der Waals surface area contributed by atoms with Crippen molar-refractivity contribution < 1.29 is 22.3 Å². The van der Waals surface area contributed by atoms with Gasteiger partial charge in [0.25, 0.3) is 0 Å². The highest BCUT2D eigenvalue weighted by Gasteiger charge is 2.34. The Hall–Kier alpha value is -2.91. The van der Waals surface area contributed by atoms with Gasteiger partial charge < -0.3 is 13.9 Å². The van der Waals surface area contributed by atoms with Crippen LogP contribution in [0.15, 0.2) is 45.7 Å². The number of aromatic nitrogens is 2. The van der Waals surface area contributed by atoms with Crippen LogP contribution in [0.25, 0.3) is 11.5 Å². The molecule has 1 aromatic heterocycles. The summed E-state index contributed by atoms with van der Waals surface area (Å²) in [5.74, 6) is 2.05. The van der Waals surface area contributed by atoms with E-state index in [1.54, 1.807) is 10.4 Å². The summed E-state index contributed by atoms with van der Waals surface area (Å²) >= 11 is 0. The maximum atomic E-state index is 13.4. The fourth-order valence-electron chi connectivity index (χ4n) is 4.93. The molecule has 1 unspecified atom stereocenters. The standard InChI is InChI=1S/C24H25N3O5S/c28-33(29,20-9-7-16-4-1-2-5-17(16)12-20)27-11-3-6-19(14-27)24-26-25-23(32-24)18-8-10-21-22(13-18)31-15-30-21/h7-10,12-13,19H,1-6,11,14-15H2. The maximum Gasteiger partial charge on any atom is 0.247 e. The van der Waals surface area contributed by atoms with E-state index in [2.05, 4.69) is 10.2 Å². The smallest absolute Gasteiger partial charge is 0.247 e. The van der Waals surface area contributed by atoms with E-state index < -0.39 is 10.0 Å². The zero-order valence-electron chi connectivity index (χ0n) is 18.2. The molecule has 0 radical (unpaired) electrons. The summed E-state index contributed by atoms with van der Waals surface area (Å²) in [6.07, 6.45) is 5.82. The number of fused-ring (bicyclic) bond motifs is 2. The molecule has 0 bridgehead atoms. The van der Waals surface area contributed by atoms with Crippen molar-refractivity contribution in [2.24, 2.45) is 0 Å². The average molecular weight is 468 g/mol. The fourth-order valence-corrected chi connectivity index (χ4v) is 6.50. The number of benzene rings is 2. The van der Waals surface area contributed by atoms with Gasteiger partial charge in [0.05, 0.1) is 10.8 Å². The molecule has 3 heterocycles. The Labute approximate surface area is 192 Å². The Bertz CT molecular complexity index is 1300. The normalized spacial score (nSPS) is 20.5. The lowest BCUT2D eigenvalue weighted by Crippen LogP contribution is -2.39. The van der Waals surface area contributed by atoms with Crippen molar-refractivity contribution in [1.29, 1.82) is 0 Å². The molecule has 6 rings (SSSR count). The molecule has 2 aliphatic heterocycles. The molecule has 3 aromatic rings. The van der Waals surface area contributed by atoms with Crippen molar-refractivity contribution in [3.05, 3.63) is 53.4 Å². The zero-order chi connectivity index (χ0) is 22.4. The van der Waals surface area contributed by atoms with Crippen molar-refractivity contribution in [3.63, 3.8) is 0 Å². The highest BCUT2D eigenvalue weighted by molar-refractivity contribution is 7.89. The number of rotatable bonds is 4. The number of ether oxygens (including phenoxy) is 2. The zero-order valence-corrected chi connectivity index (χ0v) is 19.0. The van der Waals surface area contributed by atoms with Crippen molar-refractivity contribution in [2.75, 3.05) is 19.9 Å². The lowest BCUT2D eigenvalue weighted by Gasteiger charge is -2.30. The van der Waals surface area contributed by atoms with Crippen molar-refractivity contribution >= 4 is 10.0 Å². The molecule has 33 heavy (non-hydrogen) atoms. The molecule has 9 heteroatoms. The predicted octanol–water partition coefficient (Wildman–Crippen LogP) is 3.91. The van der Waals surface area contributed by atoms with E-state index in [-0.39, 0.29) is 12.7 Å². The van der Waals surface area contributed by atoms with Crippen LogP contribution >= 0.6 is 0 Å². The molecular formula is C24H25N3O5S. The summed E-state index contributed by atoms with van der Waals surface area (Å²) in [5, 5.41) is 8.45. The number of aryl methyl sites for hydroxylation is 2. The lowest BCUT2D eigenvalue weighted by molar-refractivity contribution is 0.174. The molecule has 1 aliphatic carbocycles. The van der Waals surface area contributed by atoms with Gasteiger partial charge in [0.2, 0.25) is 28.6 Å². The summed E-state index contributed by atoms with van der Waals surface area (Å²) in [7, 11) is -3.58. The molecule has 0 N–H and O–H groups in total. The molecule has 0 spiro atoms. The molecular weight excluding hydrogens is 442 g/mol. The Morgan fingerprint density at radius 2 is 1.76 bits per heavy atom. The summed E-state index contributed by atoms with van der Waals surface area (Å²) in [6, 6.07) is 11.1. The summed E-state index contributed by atoms with van der Waals surface area (Å²) in [4.78, 5) is 0.385. The van der Waals surface area contributed by atoms with Crippen LogP contribution in [-0.4, -0.2) is 42.8 Å². The van der Waals surface area contributed by atoms with E-state index in [1.165, 1.54) is 17.5 Å². The molecule has 3 aliphatic rings. The Balaban J connectivity index is 1.22. The number of hydrogen-bond donors (Lipinski definition) is 0. The summed E-state index contributed by atoms with van der Waals surface area (Å²) in [5.41, 5.74) is 3.19. The van der Waals surface area contributed by atoms with Gasteiger partial charge in [0.1, 0.15) is 0 Å². The van der Waals surface area contributed by atoms with Crippen LogP contribution in [0.1, 0.15) is 48.6 Å². The number of piperidine rings is 1. The Kier molecular flexibility index (Phi) is 5.10. The van der Waals surface area contributed by atoms with E-state index in [9.17, 15) is 8.42 Å². The van der Waals surface area contributed by atoms with Crippen molar-refractivity contribution in [2.45, 2.75) is 49.3 Å². The van der Waals surface area contributed by atoms with E-state index in [4.69, 9.17) is 13.9 Å². The van der Waals surface area contributed by atoms with Gasteiger partial charge >= 0.3 is 0 Å². The molecule has 172 valence electrons. The second-order valence-corrected chi connectivity index (χ2v) is 10.8. The van der Waals surface area contributed by atoms with Gasteiger partial charge in [0.15, 0.2) is 11.5 Å². The minimum Gasteiger partial charge on any atom is -0.454 e. The summed E-state index contributed by atoms with van der Waals surface area (Å²) in [6.45, 7) is 1.03. The van der Waals surface area contributed by atoms with Gasteiger partial charge in [-0.05, 0) is 80.0 Å². The topological polar surface area (TPSA) is 94.8 Å². The number of sulfonamides is 1. The van der Waals surface area contributed by atoms with Crippen molar-refractivity contribution in [1.82, 2.24) is 14.5 Å². The van der Waals surface area contributed by atoms with Crippen LogP contribution in [-0.2, 0) is 22.9 Å². The molecule has 2 aromatic carbocycles. The van der Waals surface area contributed by atoms with E-state index in [0.717, 1.165) is 37.7 Å². The van der Waals surface area contributed by atoms with Crippen LogP contribution in [0.4, 0.5) is 0 Å². The van der Waals surface area contributed by atoms with E-state index >= 15 is 0 Å². The first kappa shape index (κ1) is 20.7. The minimum atomic E-state index is -3.58. The van der Waals surface area contributed by atoms with Crippen LogP contribution in [0.2, 0.25) is 0 Å². The third-order valence-corrected chi connectivity index (χ3v) is 8.61. The SMILES string of the molecule is O=S(=O)(c1ccc2c(c1)CCCC2)N1CCCC(c2nnc(-c3ccc4c(c3)OCO4)o2)C1. The summed E-state index contributed by atoms with van der Waals surface area (Å²) < 4.78 is 45.1. The largest absolute Gasteiger partial charge is 0.454 e. The first-order valence-electron chi connectivity index (χ1n) is 11.4. The lowest BCUT2D eigenvalue weighted by atomic mass is 9.92. The Morgan fingerprint density at radius 1 is 0.909 bits per heavy atom. The van der Waals surface area contributed by atoms with Crippen LogP contribution in [0, 0.1) is 0 Å². The first-order chi connectivity index (χ1) is 16.1. The third-order valence-electron chi connectivity index (χ3n) is 6.75. The molecule has 0 amide bonds. The van der Waals surface area contributed by atoms with Crippen LogP contribution < -0.4 is 9.47 Å². The van der Waals surface area contributed by atoms with Crippen LogP contribution in [0.5, 0.6) is 11.5 Å². The van der Waals surface area contributed by atoms with Gasteiger partial charge in [0, 0.05) is 18.7 Å². The van der Waals surface area contributed by atoms with Gasteiger partial charge in [-0.1, -0.05) is 6.07 Å². The van der Waals surface area contributed by atoms with Gasteiger partial charge in [-0.3, -0.25) is 0 Å². The van der Waals surface area contributed by atoms with E-state index in [1.807, 2.05) is 30.3 Å². The van der Waals surface area contributed by atoms with Gasteiger partial charge in [-0.2, -0.15) is 4.31 Å². The average Bonchev–Trinajstić information content (AvgIpc) is 3.53. The minimum absolute atomic E-state index is 0.138. The van der Waals surface area contributed by atoms with E-state index in [0.29, 0.717) is 41.3 Å². The van der Waals surface area contributed by atoms with Crippen molar-refractivity contribution in [3.8, 4) is 23.0 Å². The van der Waals surface area contributed by atoms with Crippen LogP contribution in [0.3, 0.4) is 0 Å². The maximum absolute atomic E-state index is 13.4. The number of nitrogens with zero attached hydrogens (tertiary/aromatic N) is 3. The monoisotopic (exact) mass is 467 g/mol. The third kappa shape index (κ3) is 3.79. The van der Waals surface area contributed by atoms with Gasteiger partial charge in [-0.25, -0.2) is 8.42 Å². The molecule has 1 saturated heterocycles. The predicted molar refractivity (Wildman–Crippen MR) is 120 cm³/mol. The molecule has 1 fully saturated rings. The Morgan fingerprint density at radius 3 is 2.67 bits per heavy atom. The molecule has 1 atom stereocenters. The first-order valence-corrected chi connectivity index (χ1v) is 12.9. The second kappa shape index (κ2) is 8.14. The van der Waals surface area contributed by atoms with Gasteiger partial charge in [-0.15, -0.1) is 10.2 Å². The number of hydrogen-bond acceptors (Lipinski definition) is 7. The second-order valence-electron chi connectivity index (χ2n) is 8.85. The molecule has 0 saturated carbocycles. The highest BCUT2D eigenvalue weighted by Crippen LogP contribution is 2.37. The highest BCUT2D eigenvalue weighted by atomic mass is 32.2.